The summed E-state index contributed by atoms with van der Waals surface area (Å²) < 4.78 is 0. The summed E-state index contributed by atoms with van der Waals surface area (Å²) >= 11 is 0. The molecule has 44 heavy (non-hydrogen) atoms. The zero-order chi connectivity index (χ0) is 25.4. The first-order valence-corrected chi connectivity index (χ1v) is 21.6. The van der Waals surface area contributed by atoms with Gasteiger partial charge >= 0.3 is 0 Å². The Morgan fingerprint density at radius 1 is 0.273 bits per heavy atom. The van der Waals surface area contributed by atoms with Crippen LogP contribution >= 0.6 is 0 Å². The fraction of sp³-hybridized carbons (Fsp3) is 1.00. The van der Waals surface area contributed by atoms with Gasteiger partial charge in [-0.2, -0.15) is 0 Å². The third-order valence-corrected chi connectivity index (χ3v) is 36.1. The Balaban J connectivity index is 0.876. The first kappa shape index (κ1) is 16.1. The second kappa shape index (κ2) is 2.56. The van der Waals surface area contributed by atoms with Gasteiger partial charge < -0.3 is 0 Å². The zero-order valence-corrected chi connectivity index (χ0v) is 25.4. The standard InChI is InChI=1S/C44H34/c1-27-7-3-14-18-22-24-20-16-12-5-9-10-6-13-17-21-25-26-23-19-15-11-4-8(7)29(11,27)35(15)32(14,27)28(2)33(18)38(23,34(19,28)35)42(26)39(22,33)43(24)40(20)36(16)30(9,12)31(10,13)37(17,36)41(21,40)44(25,42)43/h7-26H,3-6H2,1-2H3. The van der Waals surface area contributed by atoms with Gasteiger partial charge in [0.15, 0.2) is 0 Å². The van der Waals surface area contributed by atoms with E-state index in [9.17, 15) is 0 Å². The molecule has 0 aromatic rings. The van der Waals surface area contributed by atoms with Crippen LogP contribution in [0.15, 0.2) is 0 Å². The van der Waals surface area contributed by atoms with Crippen LogP contribution in [0.25, 0.3) is 0 Å². The number of rotatable bonds is 0. The third-order valence-electron chi connectivity index (χ3n) is 36.1. The Hall–Kier alpha value is 0. The normalized spacial score (nSPS) is 130. The molecule has 38 atom stereocenters. The lowest BCUT2D eigenvalue weighted by atomic mass is 8.50. The van der Waals surface area contributed by atoms with Gasteiger partial charge in [0.25, 0.3) is 0 Å². The van der Waals surface area contributed by atoms with Crippen LogP contribution in [-0.4, -0.2) is 0 Å². The topological polar surface area (TPSA) is 0 Å². The van der Waals surface area contributed by atoms with Gasteiger partial charge in [-0.1, -0.05) is 13.8 Å². The van der Waals surface area contributed by atoms with Crippen LogP contribution in [0.3, 0.4) is 0 Å². The minimum absolute atomic E-state index is 0.887. The summed E-state index contributed by atoms with van der Waals surface area (Å²) in [5, 5.41) is 0. The first-order valence-electron chi connectivity index (χ1n) is 21.6. The molecule has 210 valence electrons. The summed E-state index contributed by atoms with van der Waals surface area (Å²) in [4.78, 5) is 0. The van der Waals surface area contributed by atoms with Gasteiger partial charge in [0.2, 0.25) is 0 Å². The largest absolute Gasteiger partial charge is 0.0582 e. The Morgan fingerprint density at radius 2 is 0.614 bits per heavy atom. The third kappa shape index (κ3) is 0.391. The lowest BCUT2D eigenvalue weighted by Gasteiger charge is -3.52. The summed E-state index contributed by atoms with van der Waals surface area (Å²) in [5.74, 6) is 26.9. The van der Waals surface area contributed by atoms with E-state index in [2.05, 4.69) is 13.8 Å². The highest BCUT2D eigenvalue weighted by atomic mass is 15.6. The second-order valence-corrected chi connectivity index (χ2v) is 27.5. The lowest BCUT2D eigenvalue weighted by molar-refractivity contribution is -1.08. The average Bonchev–Trinajstić information content (AvgIpc) is 3.15. The number of hydrogen-bond acceptors (Lipinski definition) is 0. The molecule has 28 saturated carbocycles. The summed E-state index contributed by atoms with van der Waals surface area (Å²) in [6.45, 7) is 6.34. The quantitative estimate of drug-likeness (QED) is 0.388. The SMILES string of the molecule is CC12C3CC4C5C6C7C8C9C%10CC%11C%12CC%13C%14C%15C%16C%17C%18C%19C%20C%21CC3C%211C%201C42C2(C)C%191C%181C52C62C%171C%161C%153C%144C%12%13C%11%10C94C83C721. The van der Waals surface area contributed by atoms with E-state index in [1.807, 2.05) is 6.42 Å². The maximum Gasteiger partial charge on any atom is -0.00502 e. The molecule has 0 N–H and O–H groups in total. The van der Waals surface area contributed by atoms with E-state index in [1.54, 1.807) is 19.3 Å². The Kier molecular flexibility index (Phi) is 0.940. The number of hydrogen-bond donors (Lipinski definition) is 0. The van der Waals surface area contributed by atoms with Crippen molar-refractivity contribution in [2.45, 2.75) is 39.5 Å². The van der Waals surface area contributed by atoms with E-state index in [0.717, 1.165) is 97.5 Å². The molecular weight excluding hydrogens is 528 g/mol. The molecule has 0 aromatic carbocycles. The van der Waals surface area contributed by atoms with Crippen molar-refractivity contribution in [3.8, 4) is 0 Å². The monoisotopic (exact) mass is 562 g/mol. The Morgan fingerprint density at radius 3 is 1.20 bits per heavy atom. The second-order valence-electron chi connectivity index (χ2n) is 27.5. The van der Waals surface area contributed by atoms with Gasteiger partial charge in [0.1, 0.15) is 0 Å². The predicted molar refractivity (Wildman–Crippen MR) is 143 cm³/mol. The van der Waals surface area contributed by atoms with Crippen molar-refractivity contribution in [3.05, 3.63) is 0 Å². The Labute approximate surface area is 254 Å². The highest BCUT2D eigenvalue weighted by Gasteiger charge is 3.55. The predicted octanol–water partition coefficient (Wildman–Crippen LogP) is 5.05. The molecule has 0 amide bonds. The maximum atomic E-state index is 3.25. The summed E-state index contributed by atoms with van der Waals surface area (Å²) in [6, 6.07) is 0. The molecule has 0 radical (unpaired) electrons. The molecule has 28 aliphatic carbocycles. The molecule has 28 rings (SSSR count). The maximum absolute atomic E-state index is 3.25. The smallest absolute Gasteiger partial charge is 0.00502 e. The summed E-state index contributed by atoms with van der Waals surface area (Å²) in [6.07, 6.45) is 7.19. The molecule has 28 fully saturated rings. The van der Waals surface area contributed by atoms with Crippen LogP contribution in [0.1, 0.15) is 39.5 Å². The van der Waals surface area contributed by atoms with Gasteiger partial charge in [0, 0.05) is 0 Å². The van der Waals surface area contributed by atoms with Crippen molar-refractivity contribution < 1.29 is 0 Å². The zero-order valence-electron chi connectivity index (χ0n) is 25.4. The fourth-order valence-corrected chi connectivity index (χ4v) is 44.4. The van der Waals surface area contributed by atoms with E-state index in [0.29, 0.717) is 0 Å². The number of fused-ring (bicyclic) bond motifs is 16. The molecule has 0 bridgehead atoms. The minimum atomic E-state index is 0.887. The van der Waals surface area contributed by atoms with Crippen molar-refractivity contribution in [3.63, 3.8) is 0 Å². The van der Waals surface area contributed by atoms with E-state index in [4.69, 9.17) is 0 Å². The van der Waals surface area contributed by atoms with Gasteiger partial charge in [-0.3, -0.25) is 0 Å². The molecule has 16 spiro atoms. The average molecular weight is 563 g/mol. The molecule has 0 nitrogen and oxygen atoms in total. The van der Waals surface area contributed by atoms with Gasteiger partial charge in [0.05, 0.1) is 0 Å². The molecule has 28 aliphatic rings. The lowest BCUT2D eigenvalue weighted by Crippen LogP contribution is -3.51. The summed E-state index contributed by atoms with van der Waals surface area (Å²) in [7, 11) is 0. The highest BCUT2D eigenvalue weighted by molar-refractivity contribution is 5.99. The molecular formula is C44H34. The fourth-order valence-electron chi connectivity index (χ4n) is 44.4. The highest BCUT2D eigenvalue weighted by Crippen LogP contribution is 3.56. The molecule has 0 aromatic heterocycles. The Bertz CT molecular complexity index is 2550. The van der Waals surface area contributed by atoms with Crippen molar-refractivity contribution in [2.24, 2.45) is 216 Å². The van der Waals surface area contributed by atoms with Gasteiger partial charge in [-0.15, -0.1) is 0 Å². The van der Waals surface area contributed by atoms with Crippen LogP contribution in [-0.2, 0) is 0 Å². The minimum Gasteiger partial charge on any atom is -0.0582 e. The van der Waals surface area contributed by atoms with E-state index < -0.39 is 0 Å². The van der Waals surface area contributed by atoms with Crippen molar-refractivity contribution in [1.82, 2.24) is 0 Å². The molecule has 38 unspecified atom stereocenters. The van der Waals surface area contributed by atoms with E-state index in [-0.39, 0.29) is 0 Å². The molecule has 0 aliphatic heterocycles. The van der Waals surface area contributed by atoms with Crippen LogP contribution in [0, 0.1) is 216 Å². The molecule has 0 saturated heterocycles. The van der Waals surface area contributed by atoms with Crippen molar-refractivity contribution in [1.29, 1.82) is 0 Å². The van der Waals surface area contributed by atoms with Crippen LogP contribution in [0.5, 0.6) is 0 Å². The van der Waals surface area contributed by atoms with Crippen molar-refractivity contribution in [2.75, 3.05) is 0 Å². The molecule has 0 heteroatoms. The first-order chi connectivity index (χ1) is 21.6. The van der Waals surface area contributed by atoms with E-state index in [1.165, 1.54) is 118 Å². The van der Waals surface area contributed by atoms with Gasteiger partial charge in [-0.05, 0) is 242 Å². The van der Waals surface area contributed by atoms with Crippen molar-refractivity contribution >= 4 is 0 Å². The van der Waals surface area contributed by atoms with E-state index >= 15 is 0 Å². The van der Waals surface area contributed by atoms with Crippen LogP contribution in [0.2, 0.25) is 0 Å². The van der Waals surface area contributed by atoms with Gasteiger partial charge in [-0.25, -0.2) is 0 Å². The summed E-state index contributed by atoms with van der Waals surface area (Å²) in [5.41, 5.74) is 18.8. The molecule has 0 heterocycles. The van der Waals surface area contributed by atoms with Crippen LogP contribution in [0.4, 0.5) is 0 Å². The van der Waals surface area contributed by atoms with Crippen LogP contribution < -0.4 is 0 Å².